The molecule has 0 aliphatic carbocycles. The summed E-state index contributed by atoms with van der Waals surface area (Å²) in [5.41, 5.74) is 3.66. The zero-order chi connectivity index (χ0) is 25.5. The molecule has 0 fully saturated rings. The predicted molar refractivity (Wildman–Crippen MR) is 127 cm³/mol. The molecule has 1 amide bonds. The van der Waals surface area contributed by atoms with Crippen LogP contribution in [0.3, 0.4) is 0 Å². The summed E-state index contributed by atoms with van der Waals surface area (Å²) < 4.78 is 45.9. The maximum atomic E-state index is 12.3. The van der Waals surface area contributed by atoms with Crippen LogP contribution in [0.2, 0.25) is 0 Å². The van der Waals surface area contributed by atoms with Gasteiger partial charge in [0.25, 0.3) is 5.91 Å². The zero-order valence-electron chi connectivity index (χ0n) is 18.9. The first-order chi connectivity index (χ1) is 17.2. The normalized spacial score (nSPS) is 11.0. The number of nitrogens with one attached hydrogen (secondary N) is 2. The topological polar surface area (TPSA) is 98.3 Å². The van der Waals surface area contributed by atoms with E-state index in [9.17, 15) is 18.0 Å². The third-order valence-corrected chi connectivity index (χ3v) is 4.81. The van der Waals surface area contributed by atoms with Gasteiger partial charge in [0.05, 0.1) is 5.69 Å². The minimum Gasteiger partial charge on any atom is -0.484 e. The van der Waals surface area contributed by atoms with E-state index in [1.807, 2.05) is 25.1 Å². The second-order valence-corrected chi connectivity index (χ2v) is 7.52. The van der Waals surface area contributed by atoms with Crippen molar-refractivity contribution in [1.82, 2.24) is 15.0 Å². The molecule has 184 valence electrons. The zero-order valence-corrected chi connectivity index (χ0v) is 18.9. The highest BCUT2D eigenvalue weighted by Gasteiger charge is 2.31. The van der Waals surface area contributed by atoms with E-state index in [1.54, 1.807) is 36.8 Å². The largest absolute Gasteiger partial charge is 0.573 e. The van der Waals surface area contributed by atoms with Crippen LogP contribution in [0.25, 0.3) is 11.3 Å². The number of pyridine rings is 1. The smallest absolute Gasteiger partial charge is 0.484 e. The highest BCUT2D eigenvalue weighted by atomic mass is 19.4. The van der Waals surface area contributed by atoms with Gasteiger partial charge >= 0.3 is 6.36 Å². The average Bonchev–Trinajstić information content (AvgIpc) is 2.85. The molecule has 0 spiro atoms. The minimum atomic E-state index is -4.78. The SMILES string of the molecule is Cc1ccc(NC(=O)COc2ccc(OC(F)(F)F)cc2)cc1Nc1nccc(-c2cccnc2)n1. The number of hydrogen-bond donors (Lipinski definition) is 2. The van der Waals surface area contributed by atoms with Gasteiger partial charge in [-0.05, 0) is 67.1 Å². The quantitative estimate of drug-likeness (QED) is 0.333. The van der Waals surface area contributed by atoms with Gasteiger partial charge in [0, 0.05) is 35.5 Å². The molecule has 2 N–H and O–H groups in total. The number of hydrogen-bond acceptors (Lipinski definition) is 7. The lowest BCUT2D eigenvalue weighted by Crippen LogP contribution is -2.20. The number of aromatic nitrogens is 3. The Morgan fingerprint density at radius 1 is 1.00 bits per heavy atom. The van der Waals surface area contributed by atoms with Crippen molar-refractivity contribution in [2.75, 3.05) is 17.2 Å². The van der Waals surface area contributed by atoms with E-state index in [2.05, 4.69) is 30.3 Å². The van der Waals surface area contributed by atoms with Crippen molar-refractivity contribution in [2.24, 2.45) is 0 Å². The summed E-state index contributed by atoms with van der Waals surface area (Å²) in [6.07, 6.45) is 0.248. The lowest BCUT2D eigenvalue weighted by atomic mass is 10.1. The Labute approximate surface area is 204 Å². The fourth-order valence-corrected chi connectivity index (χ4v) is 3.13. The molecule has 0 radical (unpaired) electrons. The Balaban J connectivity index is 1.36. The molecule has 0 bridgehead atoms. The fraction of sp³-hybridized carbons (Fsp3) is 0.120. The maximum Gasteiger partial charge on any atom is 0.573 e. The number of rotatable bonds is 8. The van der Waals surface area contributed by atoms with Crippen LogP contribution in [0.5, 0.6) is 11.5 Å². The van der Waals surface area contributed by atoms with E-state index in [1.165, 1.54) is 12.1 Å². The number of nitrogens with zero attached hydrogens (tertiary/aromatic N) is 3. The van der Waals surface area contributed by atoms with Gasteiger partial charge in [-0.15, -0.1) is 13.2 Å². The Bertz CT molecular complexity index is 1330. The average molecular weight is 495 g/mol. The van der Waals surface area contributed by atoms with Crippen LogP contribution < -0.4 is 20.1 Å². The van der Waals surface area contributed by atoms with Crippen LogP contribution in [-0.2, 0) is 4.79 Å². The molecular weight excluding hydrogens is 475 g/mol. The number of amides is 1. The molecule has 0 aliphatic heterocycles. The standard InChI is InChI=1S/C25H20F3N5O3/c1-16-4-5-18(31-23(34)15-35-19-6-8-20(9-7-19)36-25(26,27)28)13-22(16)33-24-30-12-10-21(32-24)17-3-2-11-29-14-17/h2-14H,15H2,1H3,(H,31,34)(H,30,32,33). The first kappa shape index (κ1) is 24.5. The van der Waals surface area contributed by atoms with Crippen LogP contribution in [0.15, 0.2) is 79.3 Å². The first-order valence-electron chi connectivity index (χ1n) is 10.6. The number of aryl methyl sites for hydroxylation is 1. The van der Waals surface area contributed by atoms with E-state index in [4.69, 9.17) is 4.74 Å². The van der Waals surface area contributed by atoms with Crippen molar-refractivity contribution in [2.45, 2.75) is 13.3 Å². The number of carbonyl (C=O) groups is 1. The van der Waals surface area contributed by atoms with Crippen LogP contribution in [0.1, 0.15) is 5.56 Å². The molecule has 4 rings (SSSR count). The molecule has 8 nitrogen and oxygen atoms in total. The molecule has 2 aromatic carbocycles. The van der Waals surface area contributed by atoms with Gasteiger partial charge in [0.1, 0.15) is 11.5 Å². The maximum absolute atomic E-state index is 12.3. The molecule has 0 aliphatic rings. The molecule has 0 saturated carbocycles. The van der Waals surface area contributed by atoms with E-state index in [0.29, 0.717) is 23.0 Å². The molecule has 0 unspecified atom stereocenters. The predicted octanol–water partition coefficient (Wildman–Crippen LogP) is 5.51. The molecule has 2 heterocycles. The van der Waals surface area contributed by atoms with E-state index >= 15 is 0 Å². The lowest BCUT2D eigenvalue weighted by molar-refractivity contribution is -0.274. The van der Waals surface area contributed by atoms with Gasteiger partial charge in [-0.25, -0.2) is 9.97 Å². The third kappa shape index (κ3) is 6.92. The number of halogens is 3. The number of anilines is 3. The van der Waals surface area contributed by atoms with Crippen molar-refractivity contribution in [3.8, 4) is 22.8 Å². The van der Waals surface area contributed by atoms with Gasteiger partial charge in [-0.2, -0.15) is 0 Å². The number of carbonyl (C=O) groups excluding carboxylic acids is 1. The summed E-state index contributed by atoms with van der Waals surface area (Å²) >= 11 is 0. The van der Waals surface area contributed by atoms with Crippen LogP contribution in [-0.4, -0.2) is 33.8 Å². The first-order valence-corrected chi connectivity index (χ1v) is 10.6. The van der Waals surface area contributed by atoms with Crippen molar-refractivity contribution < 1.29 is 27.4 Å². The van der Waals surface area contributed by atoms with Gasteiger partial charge < -0.3 is 20.1 Å². The fourth-order valence-electron chi connectivity index (χ4n) is 3.13. The van der Waals surface area contributed by atoms with Crippen LogP contribution in [0, 0.1) is 6.92 Å². The molecule has 11 heteroatoms. The monoisotopic (exact) mass is 495 g/mol. The number of alkyl halides is 3. The lowest BCUT2D eigenvalue weighted by Gasteiger charge is -2.13. The van der Waals surface area contributed by atoms with Crippen molar-refractivity contribution in [3.63, 3.8) is 0 Å². The van der Waals surface area contributed by atoms with Crippen LogP contribution in [0.4, 0.5) is 30.5 Å². The second kappa shape index (κ2) is 10.7. The van der Waals surface area contributed by atoms with Gasteiger partial charge in [-0.3, -0.25) is 9.78 Å². The van der Waals surface area contributed by atoms with Gasteiger partial charge in [0.15, 0.2) is 6.61 Å². The summed E-state index contributed by atoms with van der Waals surface area (Å²) in [5.74, 6) is -0.232. The Morgan fingerprint density at radius 3 is 2.50 bits per heavy atom. The molecule has 2 aromatic heterocycles. The Morgan fingerprint density at radius 2 is 1.78 bits per heavy atom. The van der Waals surface area contributed by atoms with Crippen molar-refractivity contribution in [1.29, 1.82) is 0 Å². The highest BCUT2D eigenvalue weighted by molar-refractivity contribution is 5.92. The number of benzene rings is 2. The highest BCUT2D eigenvalue weighted by Crippen LogP contribution is 2.26. The van der Waals surface area contributed by atoms with E-state index in [0.717, 1.165) is 23.3 Å². The summed E-state index contributed by atoms with van der Waals surface area (Å²) in [4.78, 5) is 25.2. The molecule has 36 heavy (non-hydrogen) atoms. The van der Waals surface area contributed by atoms with Crippen molar-refractivity contribution >= 4 is 23.2 Å². The molecular formula is C25H20F3N5O3. The molecule has 4 aromatic rings. The summed E-state index contributed by atoms with van der Waals surface area (Å²) in [6, 6.07) is 15.5. The second-order valence-electron chi connectivity index (χ2n) is 7.52. The van der Waals surface area contributed by atoms with Gasteiger partial charge in [-0.1, -0.05) is 6.07 Å². The molecule has 0 saturated heterocycles. The van der Waals surface area contributed by atoms with Gasteiger partial charge in [0.2, 0.25) is 5.95 Å². The molecule has 0 atom stereocenters. The minimum absolute atomic E-state index is 0.219. The number of ether oxygens (including phenoxy) is 2. The van der Waals surface area contributed by atoms with E-state index in [-0.39, 0.29) is 18.1 Å². The van der Waals surface area contributed by atoms with Crippen LogP contribution >= 0.6 is 0 Å². The third-order valence-electron chi connectivity index (χ3n) is 4.81. The summed E-state index contributed by atoms with van der Waals surface area (Å²) in [5, 5.41) is 5.88. The Hall–Kier alpha value is -4.67. The van der Waals surface area contributed by atoms with Crippen molar-refractivity contribution in [3.05, 3.63) is 84.8 Å². The Kier molecular flexibility index (Phi) is 7.28. The summed E-state index contributed by atoms with van der Waals surface area (Å²) in [6.45, 7) is 1.56. The van der Waals surface area contributed by atoms with E-state index < -0.39 is 12.3 Å². The summed E-state index contributed by atoms with van der Waals surface area (Å²) in [7, 11) is 0.